The van der Waals surface area contributed by atoms with Gasteiger partial charge in [-0.15, -0.1) is 0 Å². The molecule has 0 saturated heterocycles. The van der Waals surface area contributed by atoms with Crippen molar-refractivity contribution in [3.8, 4) is 5.75 Å². The normalized spacial score (nSPS) is 17.0. The molecule has 8 nitrogen and oxygen atoms in total. The minimum Gasteiger partial charge on any atom is -0.495 e. The lowest BCUT2D eigenvalue weighted by Gasteiger charge is -2.11. The first-order valence-electron chi connectivity index (χ1n) is 8.33. The Morgan fingerprint density at radius 2 is 2.21 bits per heavy atom. The average Bonchev–Trinajstić information content (AvgIpc) is 2.63. The summed E-state index contributed by atoms with van der Waals surface area (Å²) < 4.78 is 41.7. The van der Waals surface area contributed by atoms with Crippen LogP contribution in [0.5, 0.6) is 5.75 Å². The van der Waals surface area contributed by atoms with E-state index in [9.17, 15) is 12.8 Å². The van der Waals surface area contributed by atoms with Gasteiger partial charge in [0.15, 0.2) is 11.6 Å². The molecule has 0 radical (unpaired) electrons. The standard InChI is InChI=1S/C18H17ClFN5O3S/c1-28-16-6-5-13(8-14(16)19)23-17-15(20)9-22-18(25-17)24-12-4-2-3-11(7-12)10-29(21,26)27/h2,4-6,8-10H,3,7H2,1H3,(H2,21,26,27)(H,22,23,25). The zero-order chi connectivity index (χ0) is 21.0. The van der Waals surface area contributed by atoms with Crippen LogP contribution in [0.15, 0.2) is 52.5 Å². The number of sulfonamides is 1. The molecule has 29 heavy (non-hydrogen) atoms. The number of primary sulfonamides is 1. The Kier molecular flexibility index (Phi) is 6.26. The van der Waals surface area contributed by atoms with E-state index >= 15 is 0 Å². The van der Waals surface area contributed by atoms with Crippen LogP contribution in [-0.2, 0) is 10.0 Å². The van der Waals surface area contributed by atoms with Crippen LogP contribution < -0.4 is 15.2 Å². The maximum absolute atomic E-state index is 14.1. The fourth-order valence-corrected chi connectivity index (χ4v) is 3.52. The third kappa shape index (κ3) is 5.83. The predicted molar refractivity (Wildman–Crippen MR) is 110 cm³/mol. The van der Waals surface area contributed by atoms with E-state index in [4.69, 9.17) is 21.5 Å². The lowest BCUT2D eigenvalue weighted by Crippen LogP contribution is -2.11. The first-order chi connectivity index (χ1) is 13.7. The van der Waals surface area contributed by atoms with Crippen LogP contribution in [0.1, 0.15) is 12.8 Å². The Labute approximate surface area is 172 Å². The number of aliphatic imine (C=N–C) groups is 1. The van der Waals surface area contributed by atoms with Gasteiger partial charge in [0.25, 0.3) is 5.95 Å². The molecule has 0 fully saturated rings. The molecule has 3 N–H and O–H groups in total. The summed E-state index contributed by atoms with van der Waals surface area (Å²) in [5.41, 5.74) is 1.61. The quantitative estimate of drug-likeness (QED) is 0.737. The monoisotopic (exact) mass is 437 g/mol. The maximum Gasteiger partial charge on any atom is 0.251 e. The van der Waals surface area contributed by atoms with Crippen molar-refractivity contribution in [3.63, 3.8) is 0 Å². The molecule has 152 valence electrons. The number of nitrogens with two attached hydrogens (primary N) is 1. The summed E-state index contributed by atoms with van der Waals surface area (Å²) >= 11 is 6.08. The van der Waals surface area contributed by atoms with Crippen molar-refractivity contribution < 1.29 is 17.5 Å². The number of methoxy groups -OCH3 is 1. The van der Waals surface area contributed by atoms with E-state index in [-0.39, 0.29) is 18.2 Å². The van der Waals surface area contributed by atoms with E-state index in [1.54, 1.807) is 30.4 Å². The van der Waals surface area contributed by atoms with Crippen LogP contribution in [0.3, 0.4) is 0 Å². The molecule has 2 aromatic rings. The van der Waals surface area contributed by atoms with Crippen molar-refractivity contribution in [3.05, 3.63) is 58.4 Å². The zero-order valence-electron chi connectivity index (χ0n) is 15.3. The van der Waals surface area contributed by atoms with E-state index in [1.165, 1.54) is 7.11 Å². The van der Waals surface area contributed by atoms with Gasteiger partial charge in [0.05, 0.1) is 18.3 Å². The number of nitrogens with zero attached hydrogens (tertiary/aromatic N) is 3. The molecule has 1 aliphatic rings. The molecular formula is C18H17ClFN5O3S. The zero-order valence-corrected chi connectivity index (χ0v) is 16.8. The summed E-state index contributed by atoms with van der Waals surface area (Å²) in [7, 11) is -2.24. The lowest BCUT2D eigenvalue weighted by atomic mass is 10.0. The smallest absolute Gasteiger partial charge is 0.251 e. The second kappa shape index (κ2) is 8.68. The lowest BCUT2D eigenvalue weighted by molar-refractivity contribution is 0.415. The number of benzene rings is 1. The highest BCUT2D eigenvalue weighted by Crippen LogP contribution is 2.29. The SMILES string of the molecule is COc1ccc(Nc2nc(N=C3C=CCC(=CS(N)(=O)=O)C3)ncc2F)cc1Cl. The summed E-state index contributed by atoms with van der Waals surface area (Å²) in [5, 5.41) is 9.23. The Balaban J connectivity index is 1.84. The van der Waals surface area contributed by atoms with Crippen LogP contribution in [0.2, 0.25) is 5.02 Å². The fraction of sp³-hybridized carbons (Fsp3) is 0.167. The molecule has 0 unspecified atom stereocenters. The van der Waals surface area contributed by atoms with Crippen LogP contribution >= 0.6 is 11.6 Å². The van der Waals surface area contributed by atoms with Crippen LogP contribution in [0.25, 0.3) is 0 Å². The maximum atomic E-state index is 14.1. The average molecular weight is 438 g/mol. The molecule has 11 heteroatoms. The topological polar surface area (TPSA) is 120 Å². The first kappa shape index (κ1) is 20.9. The molecule has 1 heterocycles. The highest BCUT2D eigenvalue weighted by atomic mass is 35.5. The van der Waals surface area contributed by atoms with Gasteiger partial charge >= 0.3 is 0 Å². The molecule has 0 aliphatic heterocycles. The first-order valence-corrected chi connectivity index (χ1v) is 10.3. The van der Waals surface area contributed by atoms with E-state index in [0.29, 0.717) is 34.2 Å². The molecular weight excluding hydrogens is 421 g/mol. The second-order valence-electron chi connectivity index (χ2n) is 6.09. The van der Waals surface area contributed by atoms with Crippen molar-refractivity contribution in [2.45, 2.75) is 12.8 Å². The molecule has 0 spiro atoms. The number of nitrogens with one attached hydrogen (secondary N) is 1. The van der Waals surface area contributed by atoms with Gasteiger partial charge in [-0.25, -0.2) is 27.9 Å². The summed E-state index contributed by atoms with van der Waals surface area (Å²) in [6.45, 7) is 0. The largest absolute Gasteiger partial charge is 0.495 e. The van der Waals surface area contributed by atoms with Crippen molar-refractivity contribution in [2.75, 3.05) is 12.4 Å². The van der Waals surface area contributed by atoms with E-state index in [0.717, 1.165) is 11.6 Å². The van der Waals surface area contributed by atoms with E-state index in [1.807, 2.05) is 0 Å². The molecule has 1 aliphatic carbocycles. The van der Waals surface area contributed by atoms with Gasteiger partial charge in [-0.3, -0.25) is 0 Å². The van der Waals surface area contributed by atoms with Crippen LogP contribution in [0.4, 0.5) is 21.8 Å². The third-order valence-corrected chi connectivity index (χ3v) is 4.78. The molecule has 1 aromatic heterocycles. The van der Waals surface area contributed by atoms with Gasteiger partial charge in [-0.2, -0.15) is 4.98 Å². The molecule has 0 saturated carbocycles. The molecule has 3 rings (SSSR count). The summed E-state index contributed by atoms with van der Waals surface area (Å²) in [6, 6.07) is 4.87. The van der Waals surface area contributed by atoms with Crippen LogP contribution in [-0.4, -0.2) is 31.2 Å². The van der Waals surface area contributed by atoms with Crippen LogP contribution in [0, 0.1) is 5.82 Å². The van der Waals surface area contributed by atoms with Crippen molar-refractivity contribution in [1.82, 2.24) is 9.97 Å². The van der Waals surface area contributed by atoms with Gasteiger partial charge < -0.3 is 10.1 Å². The summed E-state index contributed by atoms with van der Waals surface area (Å²) in [6.07, 6.45) is 5.19. The highest BCUT2D eigenvalue weighted by Gasteiger charge is 2.12. The van der Waals surface area contributed by atoms with Gasteiger partial charge in [0.2, 0.25) is 10.0 Å². The fourth-order valence-electron chi connectivity index (χ4n) is 2.62. The summed E-state index contributed by atoms with van der Waals surface area (Å²) in [5.74, 6) is -0.250. The van der Waals surface area contributed by atoms with Gasteiger partial charge in [-0.1, -0.05) is 17.7 Å². The van der Waals surface area contributed by atoms with E-state index in [2.05, 4.69) is 20.3 Å². The summed E-state index contributed by atoms with van der Waals surface area (Å²) in [4.78, 5) is 12.2. The number of hydrogen-bond acceptors (Lipinski definition) is 7. The van der Waals surface area contributed by atoms with Gasteiger partial charge in [-0.05, 0) is 36.3 Å². The molecule has 0 atom stereocenters. The van der Waals surface area contributed by atoms with Crippen molar-refractivity contribution >= 4 is 44.8 Å². The number of aromatic nitrogens is 2. The minimum atomic E-state index is -3.74. The Hall–Kier alpha value is -2.82. The Morgan fingerprint density at radius 3 is 2.90 bits per heavy atom. The number of allylic oxidation sites excluding steroid dienone is 3. The number of rotatable bonds is 5. The Bertz CT molecular complexity index is 1130. The predicted octanol–water partition coefficient (Wildman–Crippen LogP) is 3.62. The van der Waals surface area contributed by atoms with Crippen molar-refractivity contribution in [1.29, 1.82) is 0 Å². The second-order valence-corrected chi connectivity index (χ2v) is 7.91. The number of halogens is 2. The number of ether oxygens (including phenoxy) is 1. The van der Waals surface area contributed by atoms with E-state index < -0.39 is 15.8 Å². The van der Waals surface area contributed by atoms with Gasteiger partial charge in [0, 0.05) is 23.2 Å². The third-order valence-electron chi connectivity index (χ3n) is 3.82. The Morgan fingerprint density at radius 1 is 1.41 bits per heavy atom. The molecule has 0 amide bonds. The molecule has 1 aromatic carbocycles. The van der Waals surface area contributed by atoms with Gasteiger partial charge in [0.1, 0.15) is 5.75 Å². The minimum absolute atomic E-state index is 0.0185. The number of anilines is 2. The van der Waals surface area contributed by atoms with Crippen molar-refractivity contribution in [2.24, 2.45) is 10.1 Å². The highest BCUT2D eigenvalue weighted by molar-refractivity contribution is 7.92. The number of hydrogen-bond donors (Lipinski definition) is 2. The molecule has 0 bridgehead atoms.